The molecule has 2 rings (SSSR count). The Morgan fingerprint density at radius 1 is 1.17 bits per heavy atom. The lowest BCUT2D eigenvalue weighted by Gasteiger charge is -2.13. The summed E-state index contributed by atoms with van der Waals surface area (Å²) in [5.74, 6) is -0.497. The smallest absolute Gasteiger partial charge is 0.320 e. The molecular weight excluding hydrogens is 305 g/mol. The Kier molecular flexibility index (Phi) is 5.03. The molecule has 1 amide bonds. The van der Waals surface area contributed by atoms with E-state index >= 15 is 0 Å². The number of para-hydroxylation sites is 1. The van der Waals surface area contributed by atoms with Gasteiger partial charge in [0.25, 0.3) is 5.91 Å². The Bertz CT molecular complexity index is 711. The third-order valence-corrected chi connectivity index (χ3v) is 3.54. The first kappa shape index (κ1) is 17.0. The van der Waals surface area contributed by atoms with Crippen molar-refractivity contribution in [1.82, 2.24) is 0 Å². The topological polar surface area (TPSA) is 33.0 Å². The van der Waals surface area contributed by atoms with E-state index < -0.39 is 17.6 Å². The van der Waals surface area contributed by atoms with Crippen molar-refractivity contribution in [3.8, 4) is 0 Å². The van der Waals surface area contributed by atoms with Crippen molar-refractivity contribution in [2.75, 3.05) is 5.32 Å². The van der Waals surface area contributed by atoms with Gasteiger partial charge >= 0.3 is 6.18 Å². The highest BCUT2D eigenvalue weighted by atomic mass is 19.4. The highest BCUT2D eigenvalue weighted by Gasteiger charge is 2.33. The minimum absolute atomic E-state index is 0.0358. The van der Waals surface area contributed by atoms with Gasteiger partial charge in [-0.1, -0.05) is 19.1 Å². The summed E-state index contributed by atoms with van der Waals surface area (Å²) in [4.78, 5) is 12.1. The van der Waals surface area contributed by atoms with Gasteiger partial charge in [-0.25, -0.2) is 0 Å². The maximum Gasteiger partial charge on any atom is 0.418 e. The number of benzene rings is 1. The molecule has 0 saturated heterocycles. The van der Waals surface area contributed by atoms with Gasteiger partial charge in [-0.2, -0.15) is 17.7 Å². The van der Waals surface area contributed by atoms with Gasteiger partial charge in [0.1, 0.15) is 0 Å². The molecule has 0 fully saturated rings. The zero-order chi connectivity index (χ0) is 17.0. The van der Waals surface area contributed by atoms with E-state index in [1.165, 1.54) is 18.2 Å². The molecule has 122 valence electrons. The summed E-state index contributed by atoms with van der Waals surface area (Å²) in [5.41, 5.74) is 0.841. The fourth-order valence-corrected chi connectivity index (χ4v) is 2.23. The number of rotatable bonds is 4. The second-order valence-electron chi connectivity index (χ2n) is 5.25. The second-order valence-corrected chi connectivity index (χ2v) is 5.25. The van der Waals surface area contributed by atoms with E-state index in [2.05, 4.69) is 5.32 Å². The van der Waals surface area contributed by atoms with Crippen LogP contribution in [0.15, 0.2) is 42.6 Å². The first-order valence-electron chi connectivity index (χ1n) is 7.26. The molecule has 0 spiro atoms. The number of aromatic nitrogens is 1. The van der Waals surface area contributed by atoms with Crippen LogP contribution in [0.4, 0.5) is 18.9 Å². The number of carbonyl (C=O) groups excluding carboxylic acids is 1. The lowest BCUT2D eigenvalue weighted by atomic mass is 10.1. The Hall–Kier alpha value is -2.37. The molecule has 0 atom stereocenters. The summed E-state index contributed by atoms with van der Waals surface area (Å²) in [7, 11) is 0. The standard InChI is InChI=1S/C17H17F3N2O/c1-3-13-9-8-12(2)22(10-13)11-16(23)21-15-7-5-4-6-14(15)17(18,19)20/h4-10H,3,11H2,1-2H3/p+1. The maximum atomic E-state index is 12.9. The summed E-state index contributed by atoms with van der Waals surface area (Å²) in [6.07, 6.45) is -1.85. The number of hydrogen-bond donors (Lipinski definition) is 1. The molecule has 1 aromatic heterocycles. The number of amides is 1. The van der Waals surface area contributed by atoms with E-state index in [1.54, 1.807) is 4.57 Å². The van der Waals surface area contributed by atoms with Crippen LogP contribution in [0.5, 0.6) is 0 Å². The van der Waals surface area contributed by atoms with E-state index in [4.69, 9.17) is 0 Å². The van der Waals surface area contributed by atoms with Gasteiger partial charge in [0.15, 0.2) is 11.9 Å². The van der Waals surface area contributed by atoms with Gasteiger partial charge in [0.2, 0.25) is 6.54 Å². The predicted octanol–water partition coefficient (Wildman–Crippen LogP) is 3.50. The molecule has 0 aliphatic carbocycles. The third-order valence-electron chi connectivity index (χ3n) is 3.54. The first-order chi connectivity index (χ1) is 10.8. The molecule has 3 nitrogen and oxygen atoms in total. The van der Waals surface area contributed by atoms with Crippen molar-refractivity contribution >= 4 is 11.6 Å². The number of aryl methyl sites for hydroxylation is 2. The Labute approximate surface area is 132 Å². The molecule has 1 aromatic carbocycles. The van der Waals surface area contributed by atoms with Crippen LogP contribution in [-0.4, -0.2) is 5.91 Å². The minimum Gasteiger partial charge on any atom is -0.320 e. The molecule has 23 heavy (non-hydrogen) atoms. The summed E-state index contributed by atoms with van der Waals surface area (Å²) in [6, 6.07) is 8.80. The zero-order valence-electron chi connectivity index (χ0n) is 12.9. The number of nitrogens with one attached hydrogen (secondary N) is 1. The Morgan fingerprint density at radius 2 is 1.87 bits per heavy atom. The van der Waals surface area contributed by atoms with Crippen molar-refractivity contribution < 1.29 is 22.5 Å². The fraction of sp³-hybridized carbons (Fsp3) is 0.294. The Morgan fingerprint density at radius 3 is 2.52 bits per heavy atom. The summed E-state index contributed by atoms with van der Waals surface area (Å²) < 4.78 is 40.5. The number of carbonyl (C=O) groups is 1. The summed E-state index contributed by atoms with van der Waals surface area (Å²) in [5, 5.41) is 2.35. The first-order valence-corrected chi connectivity index (χ1v) is 7.26. The largest absolute Gasteiger partial charge is 0.418 e. The summed E-state index contributed by atoms with van der Waals surface area (Å²) in [6.45, 7) is 3.80. The zero-order valence-corrected chi connectivity index (χ0v) is 12.9. The normalized spacial score (nSPS) is 11.3. The summed E-state index contributed by atoms with van der Waals surface area (Å²) >= 11 is 0. The molecular formula is C17H18F3N2O+. The van der Waals surface area contributed by atoms with Crippen LogP contribution in [0.1, 0.15) is 23.7 Å². The molecule has 0 bridgehead atoms. The van der Waals surface area contributed by atoms with E-state index in [9.17, 15) is 18.0 Å². The van der Waals surface area contributed by atoms with Gasteiger partial charge < -0.3 is 5.32 Å². The van der Waals surface area contributed by atoms with Crippen molar-refractivity contribution in [2.24, 2.45) is 0 Å². The third kappa shape index (κ3) is 4.31. The number of alkyl halides is 3. The van der Waals surface area contributed by atoms with Crippen molar-refractivity contribution in [3.63, 3.8) is 0 Å². The Balaban J connectivity index is 2.18. The van der Waals surface area contributed by atoms with Crippen LogP contribution in [0.3, 0.4) is 0 Å². The lowest BCUT2D eigenvalue weighted by Crippen LogP contribution is -2.43. The quantitative estimate of drug-likeness (QED) is 0.858. The van der Waals surface area contributed by atoms with Gasteiger partial charge in [-0.15, -0.1) is 0 Å². The van der Waals surface area contributed by atoms with E-state index in [1.807, 2.05) is 32.2 Å². The number of hydrogen-bond acceptors (Lipinski definition) is 1. The monoisotopic (exact) mass is 323 g/mol. The minimum atomic E-state index is -4.50. The molecule has 6 heteroatoms. The highest BCUT2D eigenvalue weighted by Crippen LogP contribution is 2.34. The lowest BCUT2D eigenvalue weighted by molar-refractivity contribution is -0.690. The van der Waals surface area contributed by atoms with Crippen LogP contribution in [0.2, 0.25) is 0 Å². The van der Waals surface area contributed by atoms with Crippen molar-refractivity contribution in [1.29, 1.82) is 0 Å². The molecule has 0 aliphatic rings. The van der Waals surface area contributed by atoms with Gasteiger partial charge in [-0.3, -0.25) is 4.79 Å². The molecule has 2 aromatic rings. The average molecular weight is 323 g/mol. The van der Waals surface area contributed by atoms with Crippen LogP contribution >= 0.6 is 0 Å². The van der Waals surface area contributed by atoms with Gasteiger partial charge in [-0.05, 0) is 24.6 Å². The molecule has 1 N–H and O–H groups in total. The van der Waals surface area contributed by atoms with Gasteiger partial charge in [0, 0.05) is 18.6 Å². The van der Waals surface area contributed by atoms with Crippen molar-refractivity contribution in [3.05, 3.63) is 59.4 Å². The van der Waals surface area contributed by atoms with Crippen LogP contribution in [0.25, 0.3) is 0 Å². The predicted molar refractivity (Wildman–Crippen MR) is 80.8 cm³/mol. The SMILES string of the molecule is CCc1ccc(C)[n+](CC(=O)Nc2ccccc2C(F)(F)F)c1. The van der Waals surface area contributed by atoms with E-state index in [0.29, 0.717) is 0 Å². The maximum absolute atomic E-state index is 12.9. The second kappa shape index (κ2) is 6.81. The fourth-order valence-electron chi connectivity index (χ4n) is 2.23. The molecule has 1 heterocycles. The number of pyridine rings is 1. The van der Waals surface area contributed by atoms with Crippen LogP contribution in [-0.2, 0) is 23.9 Å². The number of anilines is 1. The average Bonchev–Trinajstić information content (AvgIpc) is 2.49. The molecule has 0 radical (unpaired) electrons. The van der Waals surface area contributed by atoms with Crippen molar-refractivity contribution in [2.45, 2.75) is 33.0 Å². The number of halogens is 3. The van der Waals surface area contributed by atoms with Gasteiger partial charge in [0.05, 0.1) is 11.3 Å². The molecule has 0 unspecified atom stereocenters. The highest BCUT2D eigenvalue weighted by molar-refractivity contribution is 5.90. The van der Waals surface area contributed by atoms with Crippen LogP contribution < -0.4 is 9.88 Å². The molecule has 0 saturated carbocycles. The van der Waals surface area contributed by atoms with E-state index in [-0.39, 0.29) is 12.2 Å². The van der Waals surface area contributed by atoms with E-state index in [0.717, 1.165) is 23.7 Å². The van der Waals surface area contributed by atoms with Crippen LogP contribution in [0, 0.1) is 6.92 Å². The molecule has 0 aliphatic heterocycles. The number of nitrogens with zero attached hydrogens (tertiary/aromatic N) is 1.